The van der Waals surface area contributed by atoms with Gasteiger partial charge in [0.2, 0.25) is 0 Å². The van der Waals surface area contributed by atoms with Gasteiger partial charge in [0.1, 0.15) is 0 Å². The van der Waals surface area contributed by atoms with Gasteiger partial charge in [-0.25, -0.2) is 0 Å². The van der Waals surface area contributed by atoms with Crippen LogP contribution >= 0.6 is 31.9 Å². The highest BCUT2D eigenvalue weighted by molar-refractivity contribution is 9.11. The van der Waals surface area contributed by atoms with E-state index in [1.54, 1.807) is 5.57 Å². The maximum absolute atomic E-state index is 3.62. The molecule has 136 valence electrons. The lowest BCUT2D eigenvalue weighted by atomic mass is 9.73. The first-order valence-electron chi connectivity index (χ1n) is 9.99. The summed E-state index contributed by atoms with van der Waals surface area (Å²) in [7, 11) is 0. The van der Waals surface area contributed by atoms with Crippen molar-refractivity contribution in [2.45, 2.75) is 71.1 Å². The molecule has 0 bridgehead atoms. The van der Waals surface area contributed by atoms with Crippen LogP contribution in [0.1, 0.15) is 76.7 Å². The SMILES string of the molecule is CCCCCC1=CCC(C2CC=C(c3cc(Br)cc(Br)c3)CC2)CC1. The second-order valence-corrected chi connectivity index (χ2v) is 9.61. The highest BCUT2D eigenvalue weighted by Gasteiger charge is 2.25. The van der Waals surface area contributed by atoms with Crippen molar-refractivity contribution < 1.29 is 0 Å². The van der Waals surface area contributed by atoms with Crippen LogP contribution in [0.3, 0.4) is 0 Å². The first-order valence-corrected chi connectivity index (χ1v) is 11.6. The van der Waals surface area contributed by atoms with Crippen molar-refractivity contribution in [3.8, 4) is 0 Å². The molecule has 0 spiro atoms. The topological polar surface area (TPSA) is 0 Å². The van der Waals surface area contributed by atoms with Crippen LogP contribution in [-0.4, -0.2) is 0 Å². The van der Waals surface area contributed by atoms with Crippen molar-refractivity contribution in [1.29, 1.82) is 0 Å². The fourth-order valence-electron chi connectivity index (χ4n) is 4.45. The lowest BCUT2D eigenvalue weighted by molar-refractivity contribution is 0.285. The standard InChI is InChI=1S/C23H30Br2/c1-2-3-4-5-17-6-8-18(9-7-17)19-10-12-20(13-11-19)21-14-22(24)16-23(25)15-21/h6,12,14-16,18-19H,2-5,7-11,13H2,1H3. The summed E-state index contributed by atoms with van der Waals surface area (Å²) in [6, 6.07) is 6.62. The number of halogens is 2. The fourth-order valence-corrected chi connectivity index (χ4v) is 5.74. The van der Waals surface area contributed by atoms with E-state index >= 15 is 0 Å². The minimum atomic E-state index is 0.896. The summed E-state index contributed by atoms with van der Waals surface area (Å²) in [4.78, 5) is 0. The van der Waals surface area contributed by atoms with Crippen molar-refractivity contribution in [3.05, 3.63) is 50.4 Å². The van der Waals surface area contributed by atoms with Crippen LogP contribution in [0.15, 0.2) is 44.9 Å². The van der Waals surface area contributed by atoms with Gasteiger partial charge in [-0.1, -0.05) is 69.4 Å². The lowest BCUT2D eigenvalue weighted by Gasteiger charge is -2.32. The molecule has 1 aromatic carbocycles. The Bertz CT molecular complexity index is 621. The molecule has 3 rings (SSSR count). The van der Waals surface area contributed by atoms with E-state index in [2.05, 4.69) is 69.1 Å². The van der Waals surface area contributed by atoms with E-state index in [0.717, 1.165) is 20.8 Å². The Balaban J connectivity index is 1.54. The quantitative estimate of drug-likeness (QED) is 0.291. The minimum Gasteiger partial charge on any atom is -0.0850 e. The maximum atomic E-state index is 3.62. The molecule has 2 aliphatic carbocycles. The summed E-state index contributed by atoms with van der Waals surface area (Å²) >= 11 is 7.24. The van der Waals surface area contributed by atoms with E-state index in [1.807, 2.05) is 0 Å². The minimum absolute atomic E-state index is 0.896. The summed E-state index contributed by atoms with van der Waals surface area (Å²) in [6.07, 6.45) is 18.6. The molecule has 2 unspecified atom stereocenters. The Kier molecular flexibility index (Phi) is 7.42. The largest absolute Gasteiger partial charge is 0.0850 e. The number of rotatable bonds is 6. The van der Waals surface area contributed by atoms with E-state index in [9.17, 15) is 0 Å². The average Bonchev–Trinajstić information content (AvgIpc) is 2.62. The molecule has 2 aliphatic rings. The van der Waals surface area contributed by atoms with Gasteiger partial charge in [-0.3, -0.25) is 0 Å². The van der Waals surface area contributed by atoms with Gasteiger partial charge < -0.3 is 0 Å². The van der Waals surface area contributed by atoms with E-state index in [0.29, 0.717) is 0 Å². The van der Waals surface area contributed by atoms with Crippen LogP contribution < -0.4 is 0 Å². The molecule has 0 N–H and O–H groups in total. The van der Waals surface area contributed by atoms with Crippen molar-refractivity contribution in [3.63, 3.8) is 0 Å². The van der Waals surface area contributed by atoms with E-state index in [4.69, 9.17) is 0 Å². The molecule has 1 aromatic rings. The molecule has 0 amide bonds. The highest BCUT2D eigenvalue weighted by atomic mass is 79.9. The zero-order valence-corrected chi connectivity index (χ0v) is 18.5. The summed E-state index contributed by atoms with van der Waals surface area (Å²) in [5, 5.41) is 0. The van der Waals surface area contributed by atoms with Gasteiger partial charge in [0.05, 0.1) is 0 Å². The number of hydrogen-bond acceptors (Lipinski definition) is 0. The molecule has 0 saturated carbocycles. The predicted octanol–water partition coefficient (Wildman–Crippen LogP) is 8.70. The molecular formula is C23H30Br2. The number of unbranched alkanes of at least 4 members (excludes halogenated alkanes) is 2. The predicted molar refractivity (Wildman–Crippen MR) is 117 cm³/mol. The molecule has 25 heavy (non-hydrogen) atoms. The normalized spacial score (nSPS) is 24.0. The maximum Gasteiger partial charge on any atom is 0.0192 e. The van der Waals surface area contributed by atoms with Crippen molar-refractivity contribution in [1.82, 2.24) is 0 Å². The van der Waals surface area contributed by atoms with Gasteiger partial charge in [0.15, 0.2) is 0 Å². The Morgan fingerprint density at radius 1 is 0.880 bits per heavy atom. The summed E-state index contributed by atoms with van der Waals surface area (Å²) in [6.45, 7) is 2.29. The average molecular weight is 466 g/mol. The zero-order valence-electron chi connectivity index (χ0n) is 15.4. The third kappa shape index (κ3) is 5.57. The lowest BCUT2D eigenvalue weighted by Crippen LogP contribution is -2.19. The molecule has 2 atom stereocenters. The first-order chi connectivity index (χ1) is 12.2. The molecule has 0 aliphatic heterocycles. The summed E-state index contributed by atoms with van der Waals surface area (Å²) < 4.78 is 2.32. The van der Waals surface area contributed by atoms with Crippen LogP contribution in [0.4, 0.5) is 0 Å². The Labute approximate surface area is 170 Å². The summed E-state index contributed by atoms with van der Waals surface area (Å²) in [5.41, 5.74) is 4.65. The van der Waals surface area contributed by atoms with Crippen LogP contribution in [0, 0.1) is 11.8 Å². The second kappa shape index (κ2) is 9.55. The van der Waals surface area contributed by atoms with Crippen LogP contribution in [0.25, 0.3) is 5.57 Å². The molecule has 0 aromatic heterocycles. The van der Waals surface area contributed by atoms with Crippen LogP contribution in [-0.2, 0) is 0 Å². The van der Waals surface area contributed by atoms with Crippen LogP contribution in [0.2, 0.25) is 0 Å². The highest BCUT2D eigenvalue weighted by Crippen LogP contribution is 2.40. The fraction of sp³-hybridized carbons (Fsp3) is 0.565. The number of hydrogen-bond donors (Lipinski definition) is 0. The van der Waals surface area contributed by atoms with Gasteiger partial charge in [-0.05, 0) is 92.5 Å². The molecule has 0 nitrogen and oxygen atoms in total. The number of benzene rings is 1. The van der Waals surface area contributed by atoms with Crippen molar-refractivity contribution in [2.24, 2.45) is 11.8 Å². The van der Waals surface area contributed by atoms with Gasteiger partial charge >= 0.3 is 0 Å². The van der Waals surface area contributed by atoms with E-state index in [1.165, 1.54) is 75.3 Å². The van der Waals surface area contributed by atoms with Crippen LogP contribution in [0.5, 0.6) is 0 Å². The molecule has 0 heterocycles. The third-order valence-electron chi connectivity index (χ3n) is 6.00. The number of allylic oxidation sites excluding steroid dienone is 4. The van der Waals surface area contributed by atoms with Gasteiger partial charge in [0.25, 0.3) is 0 Å². The van der Waals surface area contributed by atoms with Gasteiger partial charge in [-0.2, -0.15) is 0 Å². The first kappa shape index (κ1) is 19.4. The van der Waals surface area contributed by atoms with Gasteiger partial charge in [0, 0.05) is 8.95 Å². The van der Waals surface area contributed by atoms with Crippen molar-refractivity contribution >= 4 is 37.4 Å². The molecule has 0 fully saturated rings. The van der Waals surface area contributed by atoms with Gasteiger partial charge in [-0.15, -0.1) is 0 Å². The Morgan fingerprint density at radius 2 is 1.56 bits per heavy atom. The Morgan fingerprint density at radius 3 is 2.12 bits per heavy atom. The monoisotopic (exact) mass is 464 g/mol. The Hall–Kier alpha value is -0.340. The van der Waals surface area contributed by atoms with E-state index in [-0.39, 0.29) is 0 Å². The summed E-state index contributed by atoms with van der Waals surface area (Å²) in [5.74, 6) is 1.81. The molecule has 0 saturated heterocycles. The third-order valence-corrected chi connectivity index (χ3v) is 6.91. The second-order valence-electron chi connectivity index (χ2n) is 7.78. The molecular weight excluding hydrogens is 436 g/mol. The molecule has 0 radical (unpaired) electrons. The zero-order chi connectivity index (χ0) is 17.6. The molecule has 2 heteroatoms. The van der Waals surface area contributed by atoms with E-state index < -0.39 is 0 Å². The van der Waals surface area contributed by atoms with Crippen molar-refractivity contribution in [2.75, 3.05) is 0 Å². The smallest absolute Gasteiger partial charge is 0.0192 e.